The molecule has 0 spiro atoms. The predicted octanol–water partition coefficient (Wildman–Crippen LogP) is 3.29. The lowest BCUT2D eigenvalue weighted by Gasteiger charge is -2.47. The number of hydrogen-bond acceptors (Lipinski definition) is 12. The summed E-state index contributed by atoms with van der Waals surface area (Å²) in [6, 6.07) is 22.1. The van der Waals surface area contributed by atoms with Crippen molar-refractivity contribution in [2.24, 2.45) is 0 Å². The monoisotopic (exact) mass is 777 g/mol. The van der Waals surface area contributed by atoms with E-state index < -0.39 is 78.4 Å². The highest BCUT2D eigenvalue weighted by Gasteiger charge is 2.62. The lowest BCUT2D eigenvalue weighted by Crippen LogP contribution is -2.68. The van der Waals surface area contributed by atoms with Gasteiger partial charge in [0.25, 0.3) is 0 Å². The normalized spacial score (nSPS) is 22.2. The number of rotatable bonds is 12. The summed E-state index contributed by atoms with van der Waals surface area (Å²) in [6.07, 6.45) is -19.8. The molecule has 1 saturated carbocycles. The Balaban J connectivity index is 1.87. The first-order chi connectivity index (χ1) is 23.9. The fourth-order valence-electron chi connectivity index (χ4n) is 4.74. The highest BCUT2D eigenvalue weighted by Crippen LogP contribution is 2.51. The number of anilines is 3. The number of para-hydroxylation sites is 3. The number of nitrogens with one attached hydrogen (secondary N) is 3. The van der Waals surface area contributed by atoms with Crippen molar-refractivity contribution in [3.05, 3.63) is 91.0 Å². The van der Waals surface area contributed by atoms with Crippen LogP contribution < -0.4 is 16.0 Å². The Morgan fingerprint density at radius 1 is 0.412 bits per heavy atom. The van der Waals surface area contributed by atoms with Crippen LogP contribution in [0.2, 0.25) is 0 Å². The topological polar surface area (TPSA) is 315 Å². The molecule has 0 saturated heterocycles. The van der Waals surface area contributed by atoms with Gasteiger partial charge in [0, 0.05) is 17.1 Å². The molecule has 0 aromatic heterocycles. The van der Waals surface area contributed by atoms with Crippen LogP contribution in [-0.4, -0.2) is 84.3 Å². The molecule has 0 aliphatic heterocycles. The number of amides is 3. The summed E-state index contributed by atoms with van der Waals surface area (Å²) < 4.78 is 66.8. The van der Waals surface area contributed by atoms with E-state index in [1.165, 1.54) is 72.8 Å². The molecule has 24 heteroatoms. The number of hydrogen-bond donors (Lipinski definition) is 9. The van der Waals surface area contributed by atoms with Gasteiger partial charge in [0.05, 0.1) is 0 Å². The van der Waals surface area contributed by atoms with Crippen LogP contribution in [0.25, 0.3) is 0 Å². The Kier molecular flexibility index (Phi) is 13.1. The molecule has 276 valence electrons. The summed E-state index contributed by atoms with van der Waals surface area (Å²) >= 11 is 0. The van der Waals surface area contributed by atoms with Gasteiger partial charge < -0.3 is 43.6 Å². The number of carbonyl (C=O) groups is 3. The van der Waals surface area contributed by atoms with Crippen molar-refractivity contribution < 1.29 is 85.2 Å². The van der Waals surface area contributed by atoms with Gasteiger partial charge in [0.15, 0.2) is 18.3 Å². The molecule has 0 bridgehead atoms. The van der Waals surface area contributed by atoms with Crippen LogP contribution >= 0.6 is 23.5 Å². The standard InChI is InChI=1S/C27H30N3O18P3/c31-25(28-16-10-4-1-5-11-16)43-19-20(44-26(32)29-17-12-6-2-7-13-17)22(46-49(34,35)36)24(48-51(40,41)42)23(47-50(37,38)39)21(19)45-27(33)30-18-14-8-3-9-15-18/h1-15,19-24H,(H,28,31)(H,29,32)(H,30,33)(H2,34,35,36)(H2,37,38,39)(H2,40,41,42)/t19?,20-,21+,22-,23-,24?/m0/s1. The van der Waals surface area contributed by atoms with Gasteiger partial charge >= 0.3 is 41.7 Å². The first kappa shape index (κ1) is 39.6. The van der Waals surface area contributed by atoms with Crippen LogP contribution in [0.4, 0.5) is 31.4 Å². The lowest BCUT2D eigenvalue weighted by molar-refractivity contribution is -0.209. The van der Waals surface area contributed by atoms with Crippen molar-refractivity contribution in [3.63, 3.8) is 0 Å². The zero-order valence-electron chi connectivity index (χ0n) is 25.5. The smallest absolute Gasteiger partial charge is 0.439 e. The predicted molar refractivity (Wildman–Crippen MR) is 172 cm³/mol. The van der Waals surface area contributed by atoms with E-state index in [0.717, 1.165) is 0 Å². The van der Waals surface area contributed by atoms with E-state index in [2.05, 4.69) is 20.5 Å². The van der Waals surface area contributed by atoms with E-state index in [0.29, 0.717) is 0 Å². The zero-order chi connectivity index (χ0) is 37.4. The summed E-state index contributed by atoms with van der Waals surface area (Å²) in [5, 5.41) is 6.77. The maximum Gasteiger partial charge on any atom is 0.470 e. The van der Waals surface area contributed by atoms with Gasteiger partial charge in [-0.25, -0.2) is 28.1 Å². The van der Waals surface area contributed by atoms with Crippen LogP contribution in [0.15, 0.2) is 91.0 Å². The van der Waals surface area contributed by atoms with Crippen molar-refractivity contribution in [2.75, 3.05) is 16.0 Å². The largest absolute Gasteiger partial charge is 0.470 e. The Hall–Kier alpha value is -4.20. The lowest BCUT2D eigenvalue weighted by atomic mass is 9.84. The van der Waals surface area contributed by atoms with Crippen molar-refractivity contribution in [1.82, 2.24) is 0 Å². The zero-order valence-corrected chi connectivity index (χ0v) is 28.2. The van der Waals surface area contributed by atoms with Gasteiger partial charge in [0.1, 0.15) is 18.3 Å². The summed E-state index contributed by atoms with van der Waals surface area (Å²) in [5.74, 6) is 0. The Bertz CT molecular complexity index is 1700. The van der Waals surface area contributed by atoms with E-state index in [1.54, 1.807) is 18.2 Å². The Morgan fingerprint density at radius 2 is 0.627 bits per heavy atom. The summed E-state index contributed by atoms with van der Waals surface area (Å²) in [7, 11) is -17.5. The minimum Gasteiger partial charge on any atom is -0.439 e. The molecule has 51 heavy (non-hydrogen) atoms. The van der Waals surface area contributed by atoms with Crippen molar-refractivity contribution in [3.8, 4) is 0 Å². The number of ether oxygens (including phenoxy) is 3. The number of benzene rings is 3. The third-order valence-electron chi connectivity index (χ3n) is 6.51. The summed E-state index contributed by atoms with van der Waals surface area (Å²) in [5.41, 5.74) is 0.280. The molecule has 9 N–H and O–H groups in total. The van der Waals surface area contributed by atoms with Gasteiger partial charge in [-0.05, 0) is 36.4 Å². The van der Waals surface area contributed by atoms with Crippen molar-refractivity contribution in [1.29, 1.82) is 0 Å². The number of phosphoric ester groups is 3. The van der Waals surface area contributed by atoms with Gasteiger partial charge in [-0.15, -0.1) is 0 Å². The SMILES string of the molecule is O=C(Nc1ccccc1)OC1[C@@H](OC(=O)Nc2ccccc2)[C@H](OP(=O)(O)O)C(OP(=O)(O)O)[C@@H](OP(=O)(O)O)[C@H]1OC(=O)Nc1ccccc1. The highest BCUT2D eigenvalue weighted by molar-refractivity contribution is 7.47. The van der Waals surface area contributed by atoms with Crippen LogP contribution in [0.1, 0.15) is 0 Å². The van der Waals surface area contributed by atoms with Crippen molar-refractivity contribution in [2.45, 2.75) is 36.6 Å². The highest BCUT2D eigenvalue weighted by atomic mass is 31.2. The third kappa shape index (κ3) is 12.8. The molecule has 0 radical (unpaired) electrons. The maximum atomic E-state index is 13.2. The number of phosphoric acid groups is 3. The van der Waals surface area contributed by atoms with Crippen LogP contribution in [0, 0.1) is 0 Å². The molecule has 0 heterocycles. The molecule has 3 aromatic carbocycles. The Morgan fingerprint density at radius 3 is 0.863 bits per heavy atom. The second-order valence-electron chi connectivity index (χ2n) is 10.3. The summed E-state index contributed by atoms with van der Waals surface area (Å²) in [4.78, 5) is 98.3. The molecule has 3 amide bonds. The first-order valence-electron chi connectivity index (χ1n) is 14.2. The summed E-state index contributed by atoms with van der Waals surface area (Å²) in [6.45, 7) is 0. The van der Waals surface area contributed by atoms with E-state index in [-0.39, 0.29) is 17.1 Å². The van der Waals surface area contributed by atoms with Crippen LogP contribution in [0.5, 0.6) is 0 Å². The quantitative estimate of drug-likeness (QED) is 0.0941. The van der Waals surface area contributed by atoms with E-state index in [9.17, 15) is 57.4 Å². The van der Waals surface area contributed by atoms with Gasteiger partial charge in [-0.1, -0.05) is 54.6 Å². The van der Waals surface area contributed by atoms with E-state index >= 15 is 0 Å². The van der Waals surface area contributed by atoms with Crippen LogP contribution in [-0.2, 0) is 41.5 Å². The molecule has 4 rings (SSSR count). The number of carbonyl (C=O) groups excluding carboxylic acids is 3. The third-order valence-corrected chi connectivity index (χ3v) is 8.06. The minimum atomic E-state index is -5.86. The molecule has 1 aliphatic rings. The Labute approximate surface area is 287 Å². The molecular weight excluding hydrogens is 747 g/mol. The second-order valence-corrected chi connectivity index (χ2v) is 13.8. The van der Waals surface area contributed by atoms with Gasteiger partial charge in [-0.3, -0.25) is 29.5 Å². The average molecular weight is 777 g/mol. The average Bonchev–Trinajstić information content (AvgIpc) is 3.02. The minimum absolute atomic E-state index is 0.0887. The molecular formula is C27H30N3O18P3. The molecule has 6 atom stereocenters. The molecule has 3 aromatic rings. The molecule has 1 aliphatic carbocycles. The van der Waals surface area contributed by atoms with E-state index in [4.69, 9.17) is 23.3 Å². The first-order valence-corrected chi connectivity index (χ1v) is 18.8. The fourth-order valence-corrected chi connectivity index (χ4v) is 6.41. The fraction of sp³-hybridized carbons (Fsp3) is 0.222. The maximum absolute atomic E-state index is 13.2. The second kappa shape index (κ2) is 16.9. The molecule has 2 unspecified atom stereocenters. The molecule has 1 fully saturated rings. The molecule has 21 nitrogen and oxygen atoms in total. The van der Waals surface area contributed by atoms with E-state index in [1.807, 2.05) is 0 Å². The van der Waals surface area contributed by atoms with Crippen LogP contribution in [0.3, 0.4) is 0 Å². The van der Waals surface area contributed by atoms with Gasteiger partial charge in [0.2, 0.25) is 0 Å². The van der Waals surface area contributed by atoms with Gasteiger partial charge in [-0.2, -0.15) is 0 Å². The van der Waals surface area contributed by atoms with Crippen molar-refractivity contribution >= 4 is 58.8 Å².